The molecule has 0 radical (unpaired) electrons. The molecule has 0 saturated heterocycles. The van der Waals surface area contributed by atoms with Gasteiger partial charge in [0.2, 0.25) is 5.78 Å². The van der Waals surface area contributed by atoms with Crippen molar-refractivity contribution >= 4 is 11.6 Å². The molecule has 27 heavy (non-hydrogen) atoms. The third-order valence-corrected chi connectivity index (χ3v) is 4.56. The van der Waals surface area contributed by atoms with Gasteiger partial charge >= 0.3 is 0 Å². The van der Waals surface area contributed by atoms with E-state index in [4.69, 9.17) is 14.2 Å². The Morgan fingerprint density at radius 2 is 1.81 bits per heavy atom. The van der Waals surface area contributed by atoms with Crippen molar-refractivity contribution in [2.24, 2.45) is 0 Å². The monoisotopic (exact) mass is 373 g/mol. The highest BCUT2D eigenvalue weighted by molar-refractivity contribution is 5.98. The summed E-state index contributed by atoms with van der Waals surface area (Å²) in [6, 6.07) is 6.93. The minimum absolute atomic E-state index is 0.0615. The Kier molecular flexibility index (Phi) is 6.80. The fraction of sp³-hybridized carbons (Fsp3) is 0.429. The number of rotatable bonds is 9. The van der Waals surface area contributed by atoms with Crippen LogP contribution in [0.15, 0.2) is 24.3 Å². The number of hydrogen-bond acceptors (Lipinski definition) is 5. The molecule has 0 spiro atoms. The summed E-state index contributed by atoms with van der Waals surface area (Å²) in [5.74, 6) is 0.678. The van der Waals surface area contributed by atoms with E-state index in [1.54, 1.807) is 25.3 Å². The molecule has 2 rings (SSSR count). The first-order valence-corrected chi connectivity index (χ1v) is 8.82. The van der Waals surface area contributed by atoms with Crippen molar-refractivity contribution in [1.29, 1.82) is 0 Å². The molecule has 1 heterocycles. The molecule has 146 valence electrons. The summed E-state index contributed by atoms with van der Waals surface area (Å²) in [4.78, 5) is 24.2. The summed E-state index contributed by atoms with van der Waals surface area (Å²) in [7, 11) is 3.16. The van der Waals surface area contributed by atoms with Crippen LogP contribution in [0.3, 0.4) is 0 Å². The van der Waals surface area contributed by atoms with Gasteiger partial charge < -0.3 is 18.8 Å². The van der Waals surface area contributed by atoms with Gasteiger partial charge in [0, 0.05) is 29.6 Å². The third kappa shape index (κ3) is 4.57. The molecule has 6 heteroatoms. The normalized spacial score (nSPS) is 11.9. The molecule has 0 aliphatic heterocycles. The number of Topliss-reactive ketones (excluding diaryl/α,β-unsaturated/α-hetero) is 2. The molecule has 0 fully saturated rings. The molecule has 1 aromatic heterocycles. The first kappa shape index (κ1) is 20.7. The second-order valence-electron chi connectivity index (χ2n) is 6.59. The number of benzene rings is 1. The van der Waals surface area contributed by atoms with Gasteiger partial charge in [0.25, 0.3) is 0 Å². The maximum absolute atomic E-state index is 12.7. The first-order chi connectivity index (χ1) is 12.8. The largest absolute Gasteiger partial charge is 0.493 e. The predicted octanol–water partition coefficient (Wildman–Crippen LogP) is 3.79. The molecule has 0 aliphatic carbocycles. The number of aryl methyl sites for hydroxylation is 1. The van der Waals surface area contributed by atoms with Crippen LogP contribution in [0.25, 0.3) is 0 Å². The summed E-state index contributed by atoms with van der Waals surface area (Å²) < 4.78 is 18.3. The number of carbonyl (C=O) groups is 2. The zero-order valence-electron chi connectivity index (χ0n) is 16.8. The quantitative estimate of drug-likeness (QED) is 0.626. The van der Waals surface area contributed by atoms with Gasteiger partial charge in [-0.3, -0.25) is 9.59 Å². The van der Waals surface area contributed by atoms with E-state index in [0.29, 0.717) is 29.2 Å². The number of carbonyl (C=O) groups excluding carboxylic acids is 2. The Labute approximate surface area is 160 Å². The molecule has 0 amide bonds. The van der Waals surface area contributed by atoms with Crippen LogP contribution < -0.4 is 9.47 Å². The average Bonchev–Trinajstić information content (AvgIpc) is 2.94. The van der Waals surface area contributed by atoms with E-state index < -0.39 is 0 Å². The van der Waals surface area contributed by atoms with Gasteiger partial charge in [0.15, 0.2) is 23.9 Å². The molecular weight excluding hydrogens is 346 g/mol. The number of hydrogen-bond donors (Lipinski definition) is 0. The van der Waals surface area contributed by atoms with Crippen LogP contribution in [0.4, 0.5) is 0 Å². The van der Waals surface area contributed by atoms with Crippen LogP contribution in [0, 0.1) is 13.8 Å². The minimum atomic E-state index is -0.114. The summed E-state index contributed by atoms with van der Waals surface area (Å²) in [6.07, 6.45) is 0. The summed E-state index contributed by atoms with van der Waals surface area (Å²) >= 11 is 0. The molecule has 1 aromatic carbocycles. The third-order valence-electron chi connectivity index (χ3n) is 4.56. The lowest BCUT2D eigenvalue weighted by molar-refractivity contribution is 0.0917. The van der Waals surface area contributed by atoms with E-state index in [-0.39, 0.29) is 24.2 Å². The van der Waals surface area contributed by atoms with Gasteiger partial charge in [-0.25, -0.2) is 0 Å². The van der Waals surface area contributed by atoms with Crippen molar-refractivity contribution < 1.29 is 23.8 Å². The average molecular weight is 373 g/mol. The number of ketones is 2. The lowest BCUT2D eigenvalue weighted by Gasteiger charge is -2.17. The molecular formula is C21H27NO5. The van der Waals surface area contributed by atoms with Gasteiger partial charge in [-0.05, 0) is 52.0 Å². The zero-order valence-corrected chi connectivity index (χ0v) is 16.8. The highest BCUT2D eigenvalue weighted by atomic mass is 16.5. The van der Waals surface area contributed by atoms with Crippen LogP contribution in [0.5, 0.6) is 11.5 Å². The topological polar surface area (TPSA) is 66.8 Å². The lowest BCUT2D eigenvalue weighted by atomic mass is 10.1. The van der Waals surface area contributed by atoms with Gasteiger partial charge in [-0.2, -0.15) is 0 Å². The maximum Gasteiger partial charge on any atom is 0.202 e. The van der Waals surface area contributed by atoms with E-state index >= 15 is 0 Å². The highest BCUT2D eigenvalue weighted by Gasteiger charge is 2.19. The molecule has 0 unspecified atom stereocenters. The van der Waals surface area contributed by atoms with Crippen molar-refractivity contribution in [3.63, 3.8) is 0 Å². The molecule has 0 aliphatic rings. The fourth-order valence-corrected chi connectivity index (χ4v) is 3.28. The van der Waals surface area contributed by atoms with Crippen LogP contribution in [0.2, 0.25) is 0 Å². The summed E-state index contributed by atoms with van der Waals surface area (Å²) in [5, 5.41) is 0. The number of aromatic nitrogens is 1. The van der Waals surface area contributed by atoms with Gasteiger partial charge in [0.05, 0.1) is 19.8 Å². The van der Waals surface area contributed by atoms with Crippen LogP contribution in [-0.4, -0.2) is 43.6 Å². The van der Waals surface area contributed by atoms with Gasteiger partial charge in [-0.1, -0.05) is 0 Å². The Morgan fingerprint density at radius 3 is 2.41 bits per heavy atom. The fourth-order valence-electron chi connectivity index (χ4n) is 3.28. The van der Waals surface area contributed by atoms with Crippen molar-refractivity contribution in [3.8, 4) is 11.5 Å². The van der Waals surface area contributed by atoms with E-state index in [1.807, 2.05) is 19.9 Å². The Hall–Kier alpha value is -2.60. The van der Waals surface area contributed by atoms with Crippen LogP contribution in [0.1, 0.15) is 52.0 Å². The Morgan fingerprint density at radius 1 is 1.11 bits per heavy atom. The van der Waals surface area contributed by atoms with E-state index in [9.17, 15) is 9.59 Å². The summed E-state index contributed by atoms with van der Waals surface area (Å²) in [6.45, 7) is 7.89. The Balaban J connectivity index is 2.17. The standard InChI is InChI=1S/C21H27NO5/c1-13-9-18(15(3)22(13)14(2)11-25-5)19(24)12-27-20-8-7-17(16(4)23)10-21(20)26-6/h7-10,14H,11-12H2,1-6H3/t14-/m0/s1. The summed E-state index contributed by atoms with van der Waals surface area (Å²) in [5.41, 5.74) is 3.06. The number of ether oxygens (including phenoxy) is 3. The number of methoxy groups -OCH3 is 2. The van der Waals surface area contributed by atoms with Gasteiger partial charge in [-0.15, -0.1) is 0 Å². The molecule has 0 saturated carbocycles. The van der Waals surface area contributed by atoms with Crippen LogP contribution >= 0.6 is 0 Å². The van der Waals surface area contributed by atoms with Crippen molar-refractivity contribution in [1.82, 2.24) is 4.57 Å². The molecule has 2 aromatic rings. The van der Waals surface area contributed by atoms with E-state index in [2.05, 4.69) is 11.5 Å². The van der Waals surface area contributed by atoms with E-state index in [1.165, 1.54) is 14.0 Å². The van der Waals surface area contributed by atoms with E-state index in [0.717, 1.165) is 11.4 Å². The predicted molar refractivity (Wildman–Crippen MR) is 103 cm³/mol. The lowest BCUT2D eigenvalue weighted by Crippen LogP contribution is -2.16. The molecule has 0 bridgehead atoms. The second-order valence-corrected chi connectivity index (χ2v) is 6.59. The van der Waals surface area contributed by atoms with Crippen molar-refractivity contribution in [2.45, 2.75) is 33.7 Å². The smallest absolute Gasteiger partial charge is 0.202 e. The molecule has 1 atom stereocenters. The second kappa shape index (κ2) is 8.86. The van der Waals surface area contributed by atoms with Crippen molar-refractivity contribution in [2.75, 3.05) is 27.4 Å². The minimum Gasteiger partial charge on any atom is -0.493 e. The Bertz CT molecular complexity index is 837. The van der Waals surface area contributed by atoms with Crippen LogP contribution in [-0.2, 0) is 4.74 Å². The number of nitrogens with zero attached hydrogens (tertiary/aromatic N) is 1. The molecule has 6 nitrogen and oxygen atoms in total. The highest BCUT2D eigenvalue weighted by Crippen LogP contribution is 2.29. The zero-order chi connectivity index (χ0) is 20.1. The van der Waals surface area contributed by atoms with Gasteiger partial charge in [0.1, 0.15) is 0 Å². The molecule has 0 N–H and O–H groups in total. The maximum atomic E-state index is 12.7. The van der Waals surface area contributed by atoms with Crippen molar-refractivity contribution in [3.05, 3.63) is 46.8 Å². The SMILES string of the molecule is COC[C@H](C)n1c(C)cc(C(=O)COc2ccc(C(C)=O)cc2OC)c1C. The first-order valence-electron chi connectivity index (χ1n) is 8.82.